The van der Waals surface area contributed by atoms with E-state index < -0.39 is 17.6 Å². The summed E-state index contributed by atoms with van der Waals surface area (Å²) in [6.45, 7) is 1.89. The van der Waals surface area contributed by atoms with Crippen LogP contribution in [0.2, 0.25) is 0 Å². The zero-order chi connectivity index (χ0) is 24.6. The molecule has 9 heteroatoms. The van der Waals surface area contributed by atoms with E-state index in [2.05, 4.69) is 20.6 Å². The Morgan fingerprint density at radius 1 is 1.03 bits per heavy atom. The summed E-state index contributed by atoms with van der Waals surface area (Å²) in [7, 11) is 0. The number of hydrogen-bond donors (Lipinski definition) is 3. The van der Waals surface area contributed by atoms with Gasteiger partial charge in [-0.05, 0) is 67.1 Å². The predicted molar refractivity (Wildman–Crippen MR) is 128 cm³/mol. The van der Waals surface area contributed by atoms with E-state index in [-0.39, 0.29) is 5.56 Å². The van der Waals surface area contributed by atoms with Crippen LogP contribution in [0.25, 0.3) is 22.4 Å². The molecule has 0 fully saturated rings. The molecular weight excluding hydrogens is 457 g/mol. The van der Waals surface area contributed by atoms with Crippen LogP contribution in [0.5, 0.6) is 0 Å². The van der Waals surface area contributed by atoms with Gasteiger partial charge in [-0.3, -0.25) is 4.79 Å². The summed E-state index contributed by atoms with van der Waals surface area (Å²) in [5, 5.41) is 6.83. The average molecular weight is 476 g/mol. The van der Waals surface area contributed by atoms with Gasteiger partial charge in [0.1, 0.15) is 17.2 Å². The molecule has 0 aliphatic rings. The number of rotatable bonds is 5. The van der Waals surface area contributed by atoms with Crippen molar-refractivity contribution in [3.05, 3.63) is 95.9 Å². The van der Waals surface area contributed by atoms with Gasteiger partial charge < -0.3 is 20.0 Å². The highest BCUT2D eigenvalue weighted by Crippen LogP contribution is 2.33. The topological polar surface area (TPSA) is 83.0 Å². The van der Waals surface area contributed by atoms with E-state index in [4.69, 9.17) is 4.42 Å². The SMILES string of the molecule is Cc1ccc(NC(=O)c2cccc(C(F)(F)F)c2)cc1Nc1cc(-c2ccco2)c2cc[nH]c2n1. The first-order chi connectivity index (χ1) is 16.8. The smallest absolute Gasteiger partial charge is 0.416 e. The fraction of sp³-hybridized carbons (Fsp3) is 0.0769. The molecule has 176 valence electrons. The Bertz CT molecular complexity index is 1520. The number of amides is 1. The number of aryl methyl sites for hydroxylation is 1. The second-order valence-corrected chi connectivity index (χ2v) is 7.96. The Labute approximate surface area is 197 Å². The number of carbonyl (C=O) groups is 1. The van der Waals surface area contributed by atoms with Gasteiger partial charge in [-0.1, -0.05) is 12.1 Å². The van der Waals surface area contributed by atoms with Crippen molar-refractivity contribution in [2.75, 3.05) is 10.6 Å². The third-order valence-corrected chi connectivity index (χ3v) is 5.53. The van der Waals surface area contributed by atoms with Crippen molar-refractivity contribution < 1.29 is 22.4 Å². The molecule has 0 radical (unpaired) electrons. The number of alkyl halides is 3. The molecule has 0 unspecified atom stereocenters. The number of aromatic nitrogens is 2. The van der Waals surface area contributed by atoms with Crippen molar-refractivity contribution >= 4 is 34.1 Å². The van der Waals surface area contributed by atoms with E-state index in [0.717, 1.165) is 28.6 Å². The van der Waals surface area contributed by atoms with Crippen LogP contribution in [0, 0.1) is 6.92 Å². The molecule has 0 aliphatic heterocycles. The molecule has 0 spiro atoms. The van der Waals surface area contributed by atoms with Crippen molar-refractivity contribution in [2.24, 2.45) is 0 Å². The lowest BCUT2D eigenvalue weighted by atomic mass is 10.1. The number of nitrogens with one attached hydrogen (secondary N) is 3. The normalized spacial score (nSPS) is 11.5. The summed E-state index contributed by atoms with van der Waals surface area (Å²) in [5.74, 6) is 0.603. The third kappa shape index (κ3) is 4.61. The Morgan fingerprint density at radius 3 is 2.66 bits per heavy atom. The molecule has 6 nitrogen and oxygen atoms in total. The number of fused-ring (bicyclic) bond motifs is 1. The molecule has 2 aromatic carbocycles. The van der Waals surface area contributed by atoms with Gasteiger partial charge in [0.25, 0.3) is 5.91 Å². The molecule has 1 amide bonds. The second-order valence-electron chi connectivity index (χ2n) is 7.96. The molecule has 0 bridgehead atoms. The molecule has 5 aromatic rings. The lowest BCUT2D eigenvalue weighted by Crippen LogP contribution is -2.14. The highest BCUT2D eigenvalue weighted by atomic mass is 19.4. The average Bonchev–Trinajstić information content (AvgIpc) is 3.52. The predicted octanol–water partition coefficient (Wildman–Crippen LogP) is 7.15. The number of halogens is 3. The van der Waals surface area contributed by atoms with Crippen molar-refractivity contribution in [3.63, 3.8) is 0 Å². The van der Waals surface area contributed by atoms with E-state index in [0.29, 0.717) is 28.6 Å². The highest BCUT2D eigenvalue weighted by molar-refractivity contribution is 6.04. The minimum absolute atomic E-state index is 0.0862. The summed E-state index contributed by atoms with van der Waals surface area (Å²) >= 11 is 0. The van der Waals surface area contributed by atoms with Crippen LogP contribution in [-0.2, 0) is 6.18 Å². The summed E-state index contributed by atoms with van der Waals surface area (Å²) in [5.41, 5.74) is 2.55. The van der Waals surface area contributed by atoms with E-state index in [9.17, 15) is 18.0 Å². The lowest BCUT2D eigenvalue weighted by molar-refractivity contribution is -0.137. The van der Waals surface area contributed by atoms with Crippen LogP contribution >= 0.6 is 0 Å². The number of nitrogens with zero attached hydrogens (tertiary/aromatic N) is 1. The van der Waals surface area contributed by atoms with E-state index in [1.165, 1.54) is 12.1 Å². The van der Waals surface area contributed by atoms with Gasteiger partial charge in [0, 0.05) is 34.1 Å². The molecule has 3 aromatic heterocycles. The zero-order valence-corrected chi connectivity index (χ0v) is 18.4. The molecule has 35 heavy (non-hydrogen) atoms. The van der Waals surface area contributed by atoms with E-state index in [1.54, 1.807) is 30.7 Å². The number of benzene rings is 2. The molecule has 0 atom stereocenters. The fourth-order valence-corrected chi connectivity index (χ4v) is 3.75. The number of anilines is 3. The van der Waals surface area contributed by atoms with Crippen molar-refractivity contribution in [3.8, 4) is 11.3 Å². The highest BCUT2D eigenvalue weighted by Gasteiger charge is 2.30. The van der Waals surface area contributed by atoms with Crippen LogP contribution in [0.1, 0.15) is 21.5 Å². The van der Waals surface area contributed by atoms with Crippen LogP contribution in [0.3, 0.4) is 0 Å². The number of aromatic amines is 1. The molecule has 0 saturated heterocycles. The maximum atomic E-state index is 13.0. The first kappa shape index (κ1) is 22.3. The molecular formula is C26H19F3N4O2. The Balaban J connectivity index is 1.42. The number of H-pyrrole nitrogens is 1. The standard InChI is InChI=1S/C26H19F3N4O2/c1-15-7-8-18(31-25(34)16-4-2-5-17(12-16)26(27,28)29)13-21(15)32-23-14-20(22-6-3-11-35-22)19-9-10-30-24(19)33-23/h2-14H,1H3,(H,31,34)(H2,30,32,33). The monoisotopic (exact) mass is 476 g/mol. The summed E-state index contributed by atoms with van der Waals surface area (Å²) in [6, 6.07) is 16.9. The quantitative estimate of drug-likeness (QED) is 0.252. The van der Waals surface area contributed by atoms with Crippen LogP contribution in [-0.4, -0.2) is 15.9 Å². The Kier molecular flexibility index (Phi) is 5.52. The number of pyridine rings is 1. The summed E-state index contributed by atoms with van der Waals surface area (Å²) in [6.07, 6.45) is -1.13. The summed E-state index contributed by atoms with van der Waals surface area (Å²) < 4.78 is 44.6. The van der Waals surface area contributed by atoms with E-state index in [1.807, 2.05) is 31.2 Å². The lowest BCUT2D eigenvalue weighted by Gasteiger charge is -2.13. The first-order valence-corrected chi connectivity index (χ1v) is 10.7. The largest absolute Gasteiger partial charge is 0.464 e. The minimum atomic E-state index is -4.53. The fourth-order valence-electron chi connectivity index (χ4n) is 3.75. The van der Waals surface area contributed by atoms with Crippen molar-refractivity contribution in [1.82, 2.24) is 9.97 Å². The van der Waals surface area contributed by atoms with Gasteiger partial charge in [0.05, 0.1) is 11.8 Å². The molecule has 5 rings (SSSR count). The molecule has 3 heterocycles. The second kappa shape index (κ2) is 8.68. The third-order valence-electron chi connectivity index (χ3n) is 5.53. The number of furan rings is 1. The van der Waals surface area contributed by atoms with Crippen molar-refractivity contribution in [1.29, 1.82) is 0 Å². The van der Waals surface area contributed by atoms with Crippen LogP contribution < -0.4 is 10.6 Å². The Morgan fingerprint density at radius 2 is 1.89 bits per heavy atom. The van der Waals surface area contributed by atoms with Gasteiger partial charge in [-0.2, -0.15) is 13.2 Å². The maximum absolute atomic E-state index is 13.0. The van der Waals surface area contributed by atoms with E-state index >= 15 is 0 Å². The Hall–Kier alpha value is -4.53. The van der Waals surface area contributed by atoms with Gasteiger partial charge in [-0.15, -0.1) is 0 Å². The van der Waals surface area contributed by atoms with Crippen LogP contribution in [0.4, 0.5) is 30.4 Å². The van der Waals surface area contributed by atoms with Gasteiger partial charge in [0.2, 0.25) is 0 Å². The molecule has 0 aliphatic carbocycles. The van der Waals surface area contributed by atoms with Gasteiger partial charge in [0.15, 0.2) is 0 Å². The number of carbonyl (C=O) groups excluding carboxylic acids is 1. The molecule has 3 N–H and O–H groups in total. The maximum Gasteiger partial charge on any atom is 0.416 e. The minimum Gasteiger partial charge on any atom is -0.464 e. The van der Waals surface area contributed by atoms with Crippen LogP contribution in [0.15, 0.2) is 83.6 Å². The number of hydrogen-bond acceptors (Lipinski definition) is 4. The van der Waals surface area contributed by atoms with Gasteiger partial charge >= 0.3 is 6.18 Å². The molecule has 0 saturated carbocycles. The summed E-state index contributed by atoms with van der Waals surface area (Å²) in [4.78, 5) is 20.3. The van der Waals surface area contributed by atoms with Gasteiger partial charge in [-0.25, -0.2) is 4.98 Å². The first-order valence-electron chi connectivity index (χ1n) is 10.7. The van der Waals surface area contributed by atoms with Crippen molar-refractivity contribution in [2.45, 2.75) is 13.1 Å². The zero-order valence-electron chi connectivity index (χ0n) is 18.4.